The number of hydrogen-bond donors (Lipinski definition) is 0. The molecule has 1 saturated carbocycles. The summed E-state index contributed by atoms with van der Waals surface area (Å²) in [5.41, 5.74) is 7.42. The molecule has 3 nitrogen and oxygen atoms in total. The first kappa shape index (κ1) is 15.7. The zero-order chi connectivity index (χ0) is 17.7. The third kappa shape index (κ3) is 2.23. The van der Waals surface area contributed by atoms with Crippen LogP contribution in [0.4, 0.5) is 0 Å². The SMILES string of the molecule is COC(=O)c1ccc2c(C3CCCCC3)c3n(c2c1)Cc1ccccc1-3. The minimum absolute atomic E-state index is 0.267. The van der Waals surface area contributed by atoms with Gasteiger partial charge in [0.05, 0.1) is 18.4 Å². The van der Waals surface area contributed by atoms with E-state index < -0.39 is 0 Å². The molecular formula is C23H23NO2. The number of nitrogens with zero attached hydrogens (tertiary/aromatic N) is 1. The Morgan fingerprint density at radius 2 is 1.88 bits per heavy atom. The standard InChI is InChI=1S/C23H23NO2/c1-26-23(25)16-11-12-19-20(13-16)24-14-17-9-5-6-10-18(17)22(24)21(19)15-7-3-2-4-8-15/h5-6,9-13,15H,2-4,7-8,14H2,1H3. The van der Waals surface area contributed by atoms with E-state index in [0.29, 0.717) is 11.5 Å². The maximum Gasteiger partial charge on any atom is 0.337 e. The van der Waals surface area contributed by atoms with Crippen LogP contribution in [0, 0.1) is 0 Å². The Labute approximate surface area is 153 Å². The lowest BCUT2D eigenvalue weighted by molar-refractivity contribution is 0.0601. The van der Waals surface area contributed by atoms with Crippen molar-refractivity contribution in [3.63, 3.8) is 0 Å². The Morgan fingerprint density at radius 3 is 2.69 bits per heavy atom. The second-order valence-electron chi connectivity index (χ2n) is 7.56. The summed E-state index contributed by atoms with van der Waals surface area (Å²) >= 11 is 0. The van der Waals surface area contributed by atoms with Gasteiger partial charge in [0.25, 0.3) is 0 Å². The first-order chi connectivity index (χ1) is 12.8. The molecule has 0 radical (unpaired) electrons. The number of benzene rings is 2. The summed E-state index contributed by atoms with van der Waals surface area (Å²) in [5.74, 6) is 0.356. The van der Waals surface area contributed by atoms with Crippen molar-refractivity contribution in [3.8, 4) is 11.3 Å². The fraction of sp³-hybridized carbons (Fsp3) is 0.348. The molecule has 2 heterocycles. The van der Waals surface area contributed by atoms with E-state index in [4.69, 9.17) is 4.74 Å². The van der Waals surface area contributed by atoms with Crippen molar-refractivity contribution < 1.29 is 9.53 Å². The monoisotopic (exact) mass is 345 g/mol. The van der Waals surface area contributed by atoms with Crippen molar-refractivity contribution in [1.82, 2.24) is 4.57 Å². The molecule has 2 aromatic carbocycles. The van der Waals surface area contributed by atoms with Crippen LogP contribution < -0.4 is 0 Å². The molecule has 0 spiro atoms. The van der Waals surface area contributed by atoms with Crippen molar-refractivity contribution in [1.29, 1.82) is 0 Å². The minimum atomic E-state index is -0.267. The molecule has 0 amide bonds. The van der Waals surface area contributed by atoms with Crippen molar-refractivity contribution in [2.45, 2.75) is 44.6 Å². The van der Waals surface area contributed by atoms with Gasteiger partial charge in [-0.2, -0.15) is 0 Å². The van der Waals surface area contributed by atoms with E-state index in [1.54, 1.807) is 0 Å². The van der Waals surface area contributed by atoms with Crippen LogP contribution in [-0.4, -0.2) is 17.6 Å². The third-order valence-corrected chi connectivity index (χ3v) is 6.14. The van der Waals surface area contributed by atoms with Crippen molar-refractivity contribution >= 4 is 16.9 Å². The van der Waals surface area contributed by atoms with Crippen LogP contribution in [0.2, 0.25) is 0 Å². The fourth-order valence-corrected chi connectivity index (χ4v) is 4.94. The van der Waals surface area contributed by atoms with Crippen molar-refractivity contribution in [2.75, 3.05) is 7.11 Å². The highest BCUT2D eigenvalue weighted by atomic mass is 16.5. The van der Waals surface area contributed by atoms with E-state index in [9.17, 15) is 4.79 Å². The zero-order valence-corrected chi connectivity index (χ0v) is 15.1. The number of carbonyl (C=O) groups is 1. The van der Waals surface area contributed by atoms with Gasteiger partial charge in [-0.05, 0) is 42.0 Å². The molecule has 3 aromatic rings. The van der Waals surface area contributed by atoms with Gasteiger partial charge in [-0.25, -0.2) is 4.79 Å². The molecule has 3 heteroatoms. The lowest BCUT2D eigenvalue weighted by Crippen LogP contribution is -2.05. The van der Waals surface area contributed by atoms with Gasteiger partial charge in [-0.3, -0.25) is 0 Å². The highest BCUT2D eigenvalue weighted by Crippen LogP contribution is 2.47. The predicted molar refractivity (Wildman–Crippen MR) is 104 cm³/mol. The normalized spacial score (nSPS) is 16.5. The second kappa shape index (κ2) is 6.01. The van der Waals surface area contributed by atoms with E-state index in [1.165, 1.54) is 72.5 Å². The van der Waals surface area contributed by atoms with Gasteiger partial charge < -0.3 is 9.30 Å². The maximum absolute atomic E-state index is 12.1. The molecule has 0 N–H and O–H groups in total. The van der Waals surface area contributed by atoms with Gasteiger partial charge >= 0.3 is 5.97 Å². The van der Waals surface area contributed by atoms with Crippen molar-refractivity contribution in [3.05, 3.63) is 59.2 Å². The quantitative estimate of drug-likeness (QED) is 0.449. The van der Waals surface area contributed by atoms with Crippen LogP contribution in [0.3, 0.4) is 0 Å². The molecule has 1 aliphatic heterocycles. The van der Waals surface area contributed by atoms with Gasteiger partial charge in [-0.1, -0.05) is 49.6 Å². The minimum Gasteiger partial charge on any atom is -0.465 e. The number of hydrogen-bond acceptors (Lipinski definition) is 2. The van der Waals surface area contributed by atoms with E-state index in [-0.39, 0.29) is 5.97 Å². The summed E-state index contributed by atoms with van der Waals surface area (Å²) in [5, 5.41) is 1.31. The smallest absolute Gasteiger partial charge is 0.337 e. The number of fused-ring (bicyclic) bond motifs is 5. The topological polar surface area (TPSA) is 31.2 Å². The van der Waals surface area contributed by atoms with Gasteiger partial charge in [0, 0.05) is 23.0 Å². The van der Waals surface area contributed by atoms with Crippen LogP contribution in [-0.2, 0) is 11.3 Å². The van der Waals surface area contributed by atoms with E-state index in [1.807, 2.05) is 12.1 Å². The number of aromatic nitrogens is 1. The molecule has 0 atom stereocenters. The maximum atomic E-state index is 12.1. The molecule has 0 saturated heterocycles. The average Bonchev–Trinajstić information content (AvgIpc) is 3.22. The lowest BCUT2D eigenvalue weighted by Gasteiger charge is -2.23. The summed E-state index contributed by atoms with van der Waals surface area (Å²) in [6.45, 7) is 0.888. The zero-order valence-electron chi connectivity index (χ0n) is 15.1. The highest BCUT2D eigenvalue weighted by Gasteiger charge is 2.30. The van der Waals surface area contributed by atoms with Gasteiger partial charge in [0.15, 0.2) is 0 Å². The number of carbonyl (C=O) groups excluding carboxylic acids is 1. The van der Waals surface area contributed by atoms with Crippen LogP contribution in [0.15, 0.2) is 42.5 Å². The fourth-order valence-electron chi connectivity index (χ4n) is 4.94. The van der Waals surface area contributed by atoms with Crippen LogP contribution >= 0.6 is 0 Å². The van der Waals surface area contributed by atoms with E-state index in [2.05, 4.69) is 34.9 Å². The second-order valence-corrected chi connectivity index (χ2v) is 7.56. The molecule has 2 aliphatic rings. The Morgan fingerprint density at radius 1 is 1.08 bits per heavy atom. The largest absolute Gasteiger partial charge is 0.465 e. The number of esters is 1. The Bertz CT molecular complexity index is 1010. The molecule has 1 aliphatic carbocycles. The molecule has 0 bridgehead atoms. The molecular weight excluding hydrogens is 322 g/mol. The van der Waals surface area contributed by atoms with Crippen LogP contribution in [0.5, 0.6) is 0 Å². The summed E-state index contributed by atoms with van der Waals surface area (Å²) < 4.78 is 7.35. The molecule has 26 heavy (non-hydrogen) atoms. The third-order valence-electron chi connectivity index (χ3n) is 6.14. The highest BCUT2D eigenvalue weighted by molar-refractivity contribution is 5.99. The molecule has 1 aromatic heterocycles. The number of methoxy groups -OCH3 is 1. The van der Waals surface area contributed by atoms with Crippen molar-refractivity contribution in [2.24, 2.45) is 0 Å². The van der Waals surface area contributed by atoms with Crippen LogP contribution in [0.25, 0.3) is 22.2 Å². The van der Waals surface area contributed by atoms with E-state index in [0.717, 1.165) is 6.54 Å². The summed E-state index contributed by atoms with van der Waals surface area (Å²) in [6, 6.07) is 14.8. The average molecular weight is 345 g/mol. The van der Waals surface area contributed by atoms with Gasteiger partial charge in [-0.15, -0.1) is 0 Å². The van der Waals surface area contributed by atoms with Gasteiger partial charge in [0.1, 0.15) is 0 Å². The lowest BCUT2D eigenvalue weighted by atomic mass is 9.81. The Kier molecular flexibility index (Phi) is 3.63. The molecule has 5 rings (SSSR count). The number of rotatable bonds is 2. The van der Waals surface area contributed by atoms with E-state index >= 15 is 0 Å². The van der Waals surface area contributed by atoms with Crippen LogP contribution in [0.1, 0.15) is 59.5 Å². The summed E-state index contributed by atoms with van der Waals surface area (Å²) in [4.78, 5) is 12.1. The summed E-state index contributed by atoms with van der Waals surface area (Å²) in [6.07, 6.45) is 6.53. The predicted octanol–water partition coefficient (Wildman–Crippen LogP) is 5.50. The summed E-state index contributed by atoms with van der Waals surface area (Å²) in [7, 11) is 1.44. The Hall–Kier alpha value is -2.55. The first-order valence-electron chi connectivity index (χ1n) is 9.60. The molecule has 132 valence electrons. The molecule has 0 unspecified atom stereocenters. The van der Waals surface area contributed by atoms with Gasteiger partial charge in [0.2, 0.25) is 0 Å². The molecule has 1 fully saturated rings. The Balaban J connectivity index is 1.78. The first-order valence-corrected chi connectivity index (χ1v) is 9.60. The number of ether oxygens (including phenoxy) is 1.